The summed E-state index contributed by atoms with van der Waals surface area (Å²) in [7, 11) is 1.53. The van der Waals surface area contributed by atoms with Gasteiger partial charge in [0.15, 0.2) is 0 Å². The molecule has 1 aromatic carbocycles. The summed E-state index contributed by atoms with van der Waals surface area (Å²) in [5, 5.41) is 0.659. The van der Waals surface area contributed by atoms with Gasteiger partial charge in [-0.2, -0.15) is 0 Å². The number of rotatable bonds is 5. The van der Waals surface area contributed by atoms with Crippen LogP contribution < -0.4 is 15.2 Å². The summed E-state index contributed by atoms with van der Waals surface area (Å²) in [4.78, 5) is 8.21. The Morgan fingerprint density at radius 3 is 2.58 bits per heavy atom. The molecule has 2 aromatic rings. The van der Waals surface area contributed by atoms with Crippen LogP contribution >= 0.6 is 11.6 Å². The molecule has 0 bridgehead atoms. The van der Waals surface area contributed by atoms with Gasteiger partial charge < -0.3 is 15.2 Å². The first kappa shape index (κ1) is 13.6. The van der Waals surface area contributed by atoms with Crippen molar-refractivity contribution in [1.29, 1.82) is 0 Å². The average molecular weight is 280 g/mol. The fourth-order valence-corrected chi connectivity index (χ4v) is 1.67. The molecule has 2 N–H and O–H groups in total. The quantitative estimate of drug-likeness (QED) is 0.909. The van der Waals surface area contributed by atoms with Crippen LogP contribution in [0.25, 0.3) is 0 Å². The van der Waals surface area contributed by atoms with Gasteiger partial charge in [0, 0.05) is 17.4 Å². The number of nitrogens with two attached hydrogens (primary N) is 1. The predicted octanol–water partition coefficient (Wildman–Crippen LogP) is 2.22. The maximum absolute atomic E-state index is 6.02. The van der Waals surface area contributed by atoms with Crippen molar-refractivity contribution in [3.63, 3.8) is 0 Å². The van der Waals surface area contributed by atoms with E-state index in [1.54, 1.807) is 36.7 Å². The van der Waals surface area contributed by atoms with Gasteiger partial charge in [0.2, 0.25) is 5.88 Å². The summed E-state index contributed by atoms with van der Waals surface area (Å²) in [6.07, 6.45) is 3.12. The molecule has 1 unspecified atom stereocenters. The molecule has 0 aliphatic heterocycles. The van der Waals surface area contributed by atoms with Crippen molar-refractivity contribution >= 4 is 11.6 Å². The smallest absolute Gasteiger partial charge is 0.237 e. The molecule has 100 valence electrons. The Balaban J connectivity index is 2.01. The number of hydrogen-bond donors (Lipinski definition) is 1. The van der Waals surface area contributed by atoms with Gasteiger partial charge in [-0.05, 0) is 24.3 Å². The monoisotopic (exact) mass is 279 g/mol. The second kappa shape index (κ2) is 6.36. The van der Waals surface area contributed by atoms with Gasteiger partial charge in [-0.1, -0.05) is 11.6 Å². The van der Waals surface area contributed by atoms with Gasteiger partial charge >= 0.3 is 0 Å². The first-order valence-corrected chi connectivity index (χ1v) is 6.07. The van der Waals surface area contributed by atoms with E-state index in [1.807, 2.05) is 0 Å². The summed E-state index contributed by atoms with van der Waals surface area (Å²) in [6, 6.07) is 6.65. The van der Waals surface area contributed by atoms with Crippen LogP contribution in [0.1, 0.15) is 11.7 Å². The molecule has 1 aromatic heterocycles. The lowest BCUT2D eigenvalue weighted by atomic mass is 10.2. The van der Waals surface area contributed by atoms with E-state index in [9.17, 15) is 0 Å². The number of benzene rings is 1. The molecule has 0 amide bonds. The van der Waals surface area contributed by atoms with Crippen LogP contribution in [0.15, 0.2) is 36.7 Å². The van der Waals surface area contributed by atoms with E-state index in [0.29, 0.717) is 22.3 Å². The lowest BCUT2D eigenvalue weighted by molar-refractivity contribution is 0.282. The minimum atomic E-state index is -0.417. The third kappa shape index (κ3) is 3.56. The Morgan fingerprint density at radius 2 is 1.89 bits per heavy atom. The molecular formula is C13H14ClN3O2. The summed E-state index contributed by atoms with van der Waals surface area (Å²) >= 11 is 5.79. The highest BCUT2D eigenvalue weighted by Gasteiger charge is 2.15. The van der Waals surface area contributed by atoms with Crippen molar-refractivity contribution in [2.24, 2.45) is 5.73 Å². The molecule has 0 saturated heterocycles. The van der Waals surface area contributed by atoms with E-state index in [2.05, 4.69) is 9.97 Å². The van der Waals surface area contributed by atoms with Gasteiger partial charge in [0.1, 0.15) is 18.1 Å². The topological polar surface area (TPSA) is 70.3 Å². The van der Waals surface area contributed by atoms with Crippen LogP contribution in [0.2, 0.25) is 5.02 Å². The van der Waals surface area contributed by atoms with Crippen LogP contribution in [0.5, 0.6) is 11.6 Å². The van der Waals surface area contributed by atoms with Gasteiger partial charge in [0.25, 0.3) is 0 Å². The van der Waals surface area contributed by atoms with E-state index in [-0.39, 0.29) is 6.61 Å². The molecule has 19 heavy (non-hydrogen) atoms. The lowest BCUT2D eigenvalue weighted by Crippen LogP contribution is -2.21. The molecule has 0 spiro atoms. The van der Waals surface area contributed by atoms with Crippen LogP contribution in [0.4, 0.5) is 0 Å². The zero-order chi connectivity index (χ0) is 13.7. The maximum Gasteiger partial charge on any atom is 0.237 e. The second-order valence-corrected chi connectivity index (χ2v) is 4.26. The highest BCUT2D eigenvalue weighted by atomic mass is 35.5. The van der Waals surface area contributed by atoms with E-state index in [4.69, 9.17) is 26.8 Å². The Bertz CT molecular complexity index is 534. The number of ether oxygens (including phenoxy) is 2. The molecule has 0 fully saturated rings. The zero-order valence-electron chi connectivity index (χ0n) is 10.4. The largest absolute Gasteiger partial charge is 0.492 e. The summed E-state index contributed by atoms with van der Waals surface area (Å²) in [5.74, 6) is 1.11. The minimum Gasteiger partial charge on any atom is -0.492 e. The standard InChI is InChI=1S/C13H14ClN3O2/c1-18-13-12(16-6-7-17-13)11(15)8-19-10-4-2-9(14)3-5-10/h2-7,11H,8,15H2,1H3. The first-order valence-electron chi connectivity index (χ1n) is 5.69. The number of methoxy groups -OCH3 is 1. The van der Waals surface area contributed by atoms with E-state index < -0.39 is 6.04 Å². The molecule has 6 heteroatoms. The fraction of sp³-hybridized carbons (Fsp3) is 0.231. The normalized spacial score (nSPS) is 11.9. The van der Waals surface area contributed by atoms with Gasteiger partial charge in [-0.15, -0.1) is 0 Å². The molecule has 1 heterocycles. The van der Waals surface area contributed by atoms with E-state index in [0.717, 1.165) is 0 Å². The molecule has 2 rings (SSSR count). The van der Waals surface area contributed by atoms with Crippen molar-refractivity contribution in [2.45, 2.75) is 6.04 Å². The van der Waals surface area contributed by atoms with E-state index >= 15 is 0 Å². The number of hydrogen-bond acceptors (Lipinski definition) is 5. The highest BCUT2D eigenvalue weighted by Crippen LogP contribution is 2.20. The average Bonchev–Trinajstić information content (AvgIpc) is 2.46. The Kier molecular flexibility index (Phi) is 4.54. The predicted molar refractivity (Wildman–Crippen MR) is 72.5 cm³/mol. The van der Waals surface area contributed by atoms with Crippen LogP contribution in [0.3, 0.4) is 0 Å². The summed E-state index contributed by atoms with van der Waals surface area (Å²) < 4.78 is 10.7. The molecule has 5 nitrogen and oxygen atoms in total. The SMILES string of the molecule is COc1nccnc1C(N)COc1ccc(Cl)cc1. The maximum atomic E-state index is 6.02. The lowest BCUT2D eigenvalue weighted by Gasteiger charge is -2.14. The fourth-order valence-electron chi connectivity index (χ4n) is 1.54. The molecule has 0 aliphatic carbocycles. The number of aromatic nitrogens is 2. The molecule has 0 aliphatic rings. The summed E-state index contributed by atoms with van der Waals surface area (Å²) in [6.45, 7) is 0.274. The van der Waals surface area contributed by atoms with Crippen molar-refractivity contribution < 1.29 is 9.47 Å². The zero-order valence-corrected chi connectivity index (χ0v) is 11.2. The van der Waals surface area contributed by atoms with Gasteiger partial charge in [-0.25, -0.2) is 4.98 Å². The molecule has 0 radical (unpaired) electrons. The van der Waals surface area contributed by atoms with Crippen molar-refractivity contribution in [1.82, 2.24) is 9.97 Å². The van der Waals surface area contributed by atoms with Gasteiger partial charge in [-0.3, -0.25) is 4.98 Å². The first-order chi connectivity index (χ1) is 9.20. The van der Waals surface area contributed by atoms with Crippen LogP contribution in [-0.2, 0) is 0 Å². The summed E-state index contributed by atoms with van der Waals surface area (Å²) in [5.41, 5.74) is 6.58. The molecular weight excluding hydrogens is 266 g/mol. The number of halogens is 1. The van der Waals surface area contributed by atoms with Gasteiger partial charge in [0.05, 0.1) is 13.2 Å². The minimum absolute atomic E-state index is 0.274. The Labute approximate surface area is 116 Å². The Hall–Kier alpha value is -1.85. The number of nitrogens with zero attached hydrogens (tertiary/aromatic N) is 2. The van der Waals surface area contributed by atoms with E-state index in [1.165, 1.54) is 7.11 Å². The van der Waals surface area contributed by atoms with Crippen LogP contribution in [-0.4, -0.2) is 23.7 Å². The van der Waals surface area contributed by atoms with Crippen LogP contribution in [0, 0.1) is 0 Å². The van der Waals surface area contributed by atoms with Crippen molar-refractivity contribution in [3.8, 4) is 11.6 Å². The Morgan fingerprint density at radius 1 is 1.21 bits per heavy atom. The highest BCUT2D eigenvalue weighted by molar-refractivity contribution is 6.30. The van der Waals surface area contributed by atoms with Crippen molar-refractivity contribution in [3.05, 3.63) is 47.4 Å². The van der Waals surface area contributed by atoms with Crippen molar-refractivity contribution in [2.75, 3.05) is 13.7 Å². The third-order valence-corrected chi connectivity index (χ3v) is 2.73. The molecule has 0 saturated carbocycles. The second-order valence-electron chi connectivity index (χ2n) is 3.82. The third-order valence-electron chi connectivity index (χ3n) is 2.48. The molecule has 1 atom stereocenters.